The van der Waals surface area contributed by atoms with E-state index in [0.717, 1.165) is 54.7 Å². The summed E-state index contributed by atoms with van der Waals surface area (Å²) in [6, 6.07) is 12.4. The van der Waals surface area contributed by atoms with Crippen LogP contribution in [0.15, 0.2) is 48.9 Å². The van der Waals surface area contributed by atoms with Crippen molar-refractivity contribution in [3.8, 4) is 5.75 Å². The van der Waals surface area contributed by atoms with Gasteiger partial charge >= 0.3 is 6.03 Å². The van der Waals surface area contributed by atoms with Crippen molar-refractivity contribution >= 4 is 17.6 Å². The summed E-state index contributed by atoms with van der Waals surface area (Å²) in [5.41, 5.74) is 2.87. The van der Waals surface area contributed by atoms with Gasteiger partial charge in [-0.15, -0.1) is 5.10 Å². The van der Waals surface area contributed by atoms with Crippen LogP contribution in [0.25, 0.3) is 5.65 Å². The molecule has 2 aliphatic rings. The first-order chi connectivity index (χ1) is 18.9. The normalized spacial score (nSPS) is 17.7. The average Bonchev–Trinajstić information content (AvgIpc) is 3.64. The fraction of sp³-hybridized carbons (Fsp3) is 0.464. The summed E-state index contributed by atoms with van der Waals surface area (Å²) in [7, 11) is 1.87. The molecule has 1 spiro atoms. The van der Waals surface area contributed by atoms with Crippen molar-refractivity contribution in [2.45, 2.75) is 44.6 Å². The van der Waals surface area contributed by atoms with Crippen LogP contribution in [0.4, 0.5) is 10.7 Å². The van der Waals surface area contributed by atoms with Crippen molar-refractivity contribution in [1.29, 1.82) is 0 Å². The molecule has 1 aromatic carbocycles. The standard InChI is InChI=1S/C28H35N9O2/c1-20-15-23(39-17-21(2)22-7-5-4-6-8-22)16-37-25(20)30-24(32-37)9-12-36-18-28(31-27(36)38)10-13-35(14-11-28)26-29-19-34(3)33-26/h4-8,15-16,19,21H,9-14,17-18H2,1-3H3,(H,31,38)/t21-/m0/s1. The molecule has 1 N–H and O–H groups in total. The number of pyridine rings is 1. The van der Waals surface area contributed by atoms with Crippen LogP contribution >= 0.6 is 0 Å². The van der Waals surface area contributed by atoms with Crippen molar-refractivity contribution in [2.75, 3.05) is 37.7 Å². The zero-order chi connectivity index (χ0) is 27.0. The maximum absolute atomic E-state index is 12.8. The average molecular weight is 530 g/mol. The van der Waals surface area contributed by atoms with Gasteiger partial charge in [-0.1, -0.05) is 37.3 Å². The lowest BCUT2D eigenvalue weighted by Gasteiger charge is -2.38. The molecule has 0 bridgehead atoms. The fourth-order valence-electron chi connectivity index (χ4n) is 5.53. The summed E-state index contributed by atoms with van der Waals surface area (Å²) in [6.45, 7) is 7.67. The highest BCUT2D eigenvalue weighted by Gasteiger charge is 2.44. The van der Waals surface area contributed by atoms with E-state index in [1.807, 2.05) is 37.2 Å². The summed E-state index contributed by atoms with van der Waals surface area (Å²) < 4.78 is 9.62. The molecular weight excluding hydrogens is 494 g/mol. The van der Waals surface area contributed by atoms with E-state index in [4.69, 9.17) is 14.8 Å². The van der Waals surface area contributed by atoms with Crippen LogP contribution in [0, 0.1) is 6.92 Å². The van der Waals surface area contributed by atoms with Crippen molar-refractivity contribution < 1.29 is 9.53 Å². The first-order valence-corrected chi connectivity index (χ1v) is 13.6. The molecule has 2 aliphatic heterocycles. The molecule has 2 fully saturated rings. The number of urea groups is 1. The zero-order valence-electron chi connectivity index (χ0n) is 22.7. The number of hydrogen-bond donors (Lipinski definition) is 1. The lowest BCUT2D eigenvalue weighted by Crippen LogP contribution is -2.52. The van der Waals surface area contributed by atoms with Crippen LogP contribution in [0.3, 0.4) is 0 Å². The van der Waals surface area contributed by atoms with Gasteiger partial charge < -0.3 is 19.9 Å². The number of carbonyl (C=O) groups is 1. The molecule has 11 nitrogen and oxygen atoms in total. The molecule has 2 saturated heterocycles. The van der Waals surface area contributed by atoms with Crippen LogP contribution in [-0.2, 0) is 13.5 Å². The second kappa shape index (κ2) is 10.2. The van der Waals surface area contributed by atoms with Crippen LogP contribution in [0.2, 0.25) is 0 Å². The first-order valence-electron chi connectivity index (χ1n) is 13.6. The third kappa shape index (κ3) is 5.25. The summed E-state index contributed by atoms with van der Waals surface area (Å²) in [4.78, 5) is 26.0. The molecule has 5 heterocycles. The Morgan fingerprint density at radius 2 is 1.95 bits per heavy atom. The van der Waals surface area contributed by atoms with Gasteiger partial charge in [0.05, 0.1) is 18.3 Å². The lowest BCUT2D eigenvalue weighted by atomic mass is 9.88. The Hall–Kier alpha value is -4.15. The predicted molar refractivity (Wildman–Crippen MR) is 147 cm³/mol. The van der Waals surface area contributed by atoms with Crippen molar-refractivity contribution in [2.24, 2.45) is 7.05 Å². The zero-order valence-corrected chi connectivity index (χ0v) is 22.7. The Labute approximate surface area is 227 Å². The van der Waals surface area contributed by atoms with Gasteiger partial charge in [-0.3, -0.25) is 4.68 Å². The summed E-state index contributed by atoms with van der Waals surface area (Å²) in [5.74, 6) is 2.52. The number of amides is 2. The van der Waals surface area contributed by atoms with Crippen LogP contribution < -0.4 is 15.0 Å². The number of ether oxygens (including phenoxy) is 1. The van der Waals surface area contributed by atoms with E-state index >= 15 is 0 Å². The fourth-order valence-corrected chi connectivity index (χ4v) is 5.53. The number of benzene rings is 1. The third-order valence-corrected chi connectivity index (χ3v) is 7.85. The highest BCUT2D eigenvalue weighted by atomic mass is 16.5. The van der Waals surface area contributed by atoms with Crippen LogP contribution in [0.1, 0.15) is 42.6 Å². The van der Waals surface area contributed by atoms with E-state index in [0.29, 0.717) is 26.1 Å². The van der Waals surface area contributed by atoms with E-state index in [2.05, 4.69) is 51.5 Å². The van der Waals surface area contributed by atoms with Gasteiger partial charge in [0.25, 0.3) is 0 Å². The highest BCUT2D eigenvalue weighted by Crippen LogP contribution is 2.29. The lowest BCUT2D eigenvalue weighted by molar-refractivity contribution is 0.217. The van der Waals surface area contributed by atoms with E-state index in [-0.39, 0.29) is 17.5 Å². The number of carbonyl (C=O) groups excluding carboxylic acids is 1. The molecule has 0 radical (unpaired) electrons. The quantitative estimate of drug-likeness (QED) is 0.374. The monoisotopic (exact) mass is 529 g/mol. The maximum atomic E-state index is 12.8. The first kappa shape index (κ1) is 25.1. The molecule has 0 saturated carbocycles. The van der Waals surface area contributed by atoms with E-state index in [1.165, 1.54) is 5.56 Å². The number of fused-ring (bicyclic) bond motifs is 1. The number of nitrogens with zero attached hydrogens (tertiary/aromatic N) is 8. The van der Waals surface area contributed by atoms with E-state index in [1.54, 1.807) is 15.5 Å². The van der Waals surface area contributed by atoms with Gasteiger partial charge in [0.15, 0.2) is 11.5 Å². The number of rotatable bonds is 8. The topological polar surface area (TPSA) is 106 Å². The van der Waals surface area contributed by atoms with E-state index < -0.39 is 0 Å². The third-order valence-electron chi connectivity index (χ3n) is 7.85. The highest BCUT2D eigenvalue weighted by molar-refractivity contribution is 5.78. The molecule has 204 valence electrons. The number of anilines is 1. The number of nitrogens with one attached hydrogen (secondary N) is 1. The smallest absolute Gasteiger partial charge is 0.317 e. The Kier molecular flexibility index (Phi) is 6.58. The van der Waals surface area contributed by atoms with Crippen molar-refractivity contribution in [3.63, 3.8) is 0 Å². The molecule has 11 heteroatoms. The van der Waals surface area contributed by atoms with E-state index in [9.17, 15) is 4.79 Å². The maximum Gasteiger partial charge on any atom is 0.317 e. The largest absolute Gasteiger partial charge is 0.491 e. The molecule has 0 unspecified atom stereocenters. The predicted octanol–water partition coefficient (Wildman–Crippen LogP) is 2.96. The minimum atomic E-state index is -0.200. The van der Waals surface area contributed by atoms with Gasteiger partial charge in [-0.25, -0.2) is 19.3 Å². The summed E-state index contributed by atoms with van der Waals surface area (Å²) in [5, 5.41) is 12.4. The Morgan fingerprint density at radius 3 is 2.69 bits per heavy atom. The molecule has 2 amide bonds. The van der Waals surface area contributed by atoms with Gasteiger partial charge in [0.1, 0.15) is 12.1 Å². The van der Waals surface area contributed by atoms with Crippen molar-refractivity contribution in [3.05, 3.63) is 65.9 Å². The Balaban J connectivity index is 1.05. The van der Waals surface area contributed by atoms with Crippen LogP contribution in [0.5, 0.6) is 5.75 Å². The van der Waals surface area contributed by atoms with Gasteiger partial charge in [-0.05, 0) is 37.0 Å². The Bertz CT molecular complexity index is 1460. The summed E-state index contributed by atoms with van der Waals surface area (Å²) >= 11 is 0. The molecule has 39 heavy (non-hydrogen) atoms. The SMILES string of the molecule is Cc1cc(OC[C@H](C)c2ccccc2)cn2nc(CCN3CC4(CCN(c5ncn(C)n5)CC4)NC3=O)nc12. The summed E-state index contributed by atoms with van der Waals surface area (Å²) in [6.07, 6.45) is 5.93. The van der Waals surface area contributed by atoms with Crippen molar-refractivity contribution in [1.82, 2.24) is 39.6 Å². The Morgan fingerprint density at radius 1 is 1.15 bits per heavy atom. The molecule has 1 atom stereocenters. The number of aromatic nitrogens is 6. The number of aryl methyl sites for hydroxylation is 2. The second-order valence-electron chi connectivity index (χ2n) is 10.9. The molecule has 0 aliphatic carbocycles. The number of piperidine rings is 1. The second-order valence-corrected chi connectivity index (χ2v) is 10.9. The minimum Gasteiger partial charge on any atom is -0.491 e. The van der Waals surface area contributed by atoms with Gasteiger partial charge in [0, 0.05) is 45.6 Å². The molecule has 6 rings (SSSR count). The molecule has 4 aromatic rings. The molecular formula is C28H35N9O2. The van der Waals surface area contributed by atoms with Crippen LogP contribution in [-0.4, -0.2) is 78.6 Å². The van der Waals surface area contributed by atoms with Gasteiger partial charge in [-0.2, -0.15) is 5.10 Å². The van der Waals surface area contributed by atoms with Gasteiger partial charge in [0.2, 0.25) is 5.95 Å². The molecule has 3 aromatic heterocycles. The minimum absolute atomic E-state index is 0.0115. The number of hydrogen-bond acceptors (Lipinski definition) is 7.